The molecule has 0 saturated carbocycles. The SMILES string of the molecule is Cc1nc(CNCc2c(C)nn(C)c2N(C)C)cs1. The number of thiazole rings is 1. The van der Waals surface area contributed by atoms with E-state index >= 15 is 0 Å². The molecule has 5 nitrogen and oxygen atoms in total. The minimum atomic E-state index is 0.797. The highest BCUT2D eigenvalue weighted by Gasteiger charge is 2.14. The molecule has 2 aromatic heterocycles. The van der Waals surface area contributed by atoms with E-state index in [1.165, 1.54) is 5.56 Å². The van der Waals surface area contributed by atoms with Gasteiger partial charge in [0.05, 0.1) is 16.4 Å². The van der Waals surface area contributed by atoms with Crippen LogP contribution in [0.3, 0.4) is 0 Å². The standard InChI is InChI=1S/C13H21N5S/c1-9-12(13(17(3)4)18(5)16-9)7-14-6-11-8-19-10(2)15-11/h8,14H,6-7H2,1-5H3. The van der Waals surface area contributed by atoms with Gasteiger partial charge in [-0.25, -0.2) is 4.98 Å². The quantitative estimate of drug-likeness (QED) is 0.907. The second-order valence-electron chi connectivity index (χ2n) is 4.87. The van der Waals surface area contributed by atoms with E-state index in [2.05, 4.69) is 32.6 Å². The second kappa shape index (κ2) is 5.71. The molecule has 19 heavy (non-hydrogen) atoms. The molecule has 0 fully saturated rings. The van der Waals surface area contributed by atoms with Crippen LogP contribution in [0.25, 0.3) is 0 Å². The maximum atomic E-state index is 4.48. The summed E-state index contributed by atoms with van der Waals surface area (Å²) in [6.07, 6.45) is 0. The van der Waals surface area contributed by atoms with Gasteiger partial charge in [-0.2, -0.15) is 5.10 Å². The van der Waals surface area contributed by atoms with Crippen LogP contribution in [0.5, 0.6) is 0 Å². The highest BCUT2D eigenvalue weighted by Crippen LogP contribution is 2.21. The molecule has 0 unspecified atom stereocenters. The molecular weight excluding hydrogens is 258 g/mol. The predicted octanol–water partition coefficient (Wildman–Crippen LogP) is 1.85. The largest absolute Gasteiger partial charge is 0.363 e. The van der Waals surface area contributed by atoms with Crippen molar-refractivity contribution in [2.24, 2.45) is 7.05 Å². The number of aromatic nitrogens is 3. The lowest BCUT2D eigenvalue weighted by atomic mass is 10.2. The maximum Gasteiger partial charge on any atom is 0.130 e. The molecule has 2 aromatic rings. The summed E-state index contributed by atoms with van der Waals surface area (Å²) in [4.78, 5) is 6.55. The van der Waals surface area contributed by atoms with Crippen LogP contribution in [0.15, 0.2) is 5.38 Å². The molecule has 6 heteroatoms. The summed E-state index contributed by atoms with van der Waals surface area (Å²) in [5.41, 5.74) is 3.43. The van der Waals surface area contributed by atoms with E-state index in [4.69, 9.17) is 0 Å². The first-order valence-corrected chi connectivity index (χ1v) is 7.18. The lowest BCUT2D eigenvalue weighted by Gasteiger charge is -2.15. The number of anilines is 1. The van der Waals surface area contributed by atoms with Crippen molar-refractivity contribution in [2.45, 2.75) is 26.9 Å². The summed E-state index contributed by atoms with van der Waals surface area (Å²) < 4.78 is 1.93. The Balaban J connectivity index is 2.03. The van der Waals surface area contributed by atoms with Crippen LogP contribution in [0.4, 0.5) is 5.82 Å². The number of hydrogen-bond donors (Lipinski definition) is 1. The normalized spacial score (nSPS) is 11.0. The predicted molar refractivity (Wildman–Crippen MR) is 79.7 cm³/mol. The summed E-state index contributed by atoms with van der Waals surface area (Å²) in [7, 11) is 6.07. The molecule has 0 atom stereocenters. The maximum absolute atomic E-state index is 4.48. The molecule has 0 radical (unpaired) electrons. The van der Waals surface area contributed by atoms with Gasteiger partial charge in [-0.15, -0.1) is 11.3 Å². The average molecular weight is 279 g/mol. The van der Waals surface area contributed by atoms with Gasteiger partial charge >= 0.3 is 0 Å². The highest BCUT2D eigenvalue weighted by atomic mass is 32.1. The fraction of sp³-hybridized carbons (Fsp3) is 0.538. The number of rotatable bonds is 5. The minimum Gasteiger partial charge on any atom is -0.363 e. The van der Waals surface area contributed by atoms with Gasteiger partial charge in [0.25, 0.3) is 0 Å². The van der Waals surface area contributed by atoms with E-state index in [-0.39, 0.29) is 0 Å². The van der Waals surface area contributed by atoms with Gasteiger partial charge in [0.2, 0.25) is 0 Å². The fourth-order valence-corrected chi connectivity index (χ4v) is 2.87. The van der Waals surface area contributed by atoms with Crippen molar-refractivity contribution in [3.05, 3.63) is 27.3 Å². The van der Waals surface area contributed by atoms with E-state index in [0.29, 0.717) is 0 Å². The van der Waals surface area contributed by atoms with Crippen molar-refractivity contribution in [1.82, 2.24) is 20.1 Å². The Hall–Kier alpha value is -1.40. The average Bonchev–Trinajstić information content (AvgIpc) is 2.84. The summed E-state index contributed by atoms with van der Waals surface area (Å²) >= 11 is 1.69. The summed E-state index contributed by atoms with van der Waals surface area (Å²) in [5.74, 6) is 1.15. The molecule has 2 heterocycles. The van der Waals surface area contributed by atoms with Crippen LogP contribution >= 0.6 is 11.3 Å². The number of hydrogen-bond acceptors (Lipinski definition) is 5. The third-order valence-corrected chi connectivity index (χ3v) is 3.83. The van der Waals surface area contributed by atoms with Crippen LogP contribution in [-0.4, -0.2) is 28.9 Å². The number of nitrogens with one attached hydrogen (secondary N) is 1. The Morgan fingerprint density at radius 1 is 1.32 bits per heavy atom. The van der Waals surface area contributed by atoms with Gasteiger partial charge < -0.3 is 10.2 Å². The Kier molecular flexibility index (Phi) is 4.21. The first-order valence-electron chi connectivity index (χ1n) is 6.30. The van der Waals surface area contributed by atoms with Gasteiger partial charge in [-0.3, -0.25) is 4.68 Å². The first-order chi connectivity index (χ1) is 8.99. The van der Waals surface area contributed by atoms with Crippen molar-refractivity contribution in [3.8, 4) is 0 Å². The number of nitrogens with zero attached hydrogens (tertiary/aromatic N) is 4. The first kappa shape index (κ1) is 14.0. The van der Waals surface area contributed by atoms with Crippen molar-refractivity contribution in [3.63, 3.8) is 0 Å². The van der Waals surface area contributed by atoms with Gasteiger partial charge in [0.1, 0.15) is 5.82 Å². The Bertz CT molecular complexity index is 555. The molecule has 0 spiro atoms. The zero-order valence-corrected chi connectivity index (χ0v) is 13.0. The van der Waals surface area contributed by atoms with E-state index in [0.717, 1.165) is 35.3 Å². The highest BCUT2D eigenvalue weighted by molar-refractivity contribution is 7.09. The van der Waals surface area contributed by atoms with Gasteiger partial charge in [0.15, 0.2) is 0 Å². The summed E-state index contributed by atoms with van der Waals surface area (Å²) in [5, 5.41) is 11.1. The molecule has 0 saturated heterocycles. The van der Waals surface area contributed by atoms with Crippen molar-refractivity contribution >= 4 is 17.2 Å². The van der Waals surface area contributed by atoms with E-state index in [1.54, 1.807) is 11.3 Å². The smallest absolute Gasteiger partial charge is 0.130 e. The Morgan fingerprint density at radius 3 is 2.63 bits per heavy atom. The summed E-state index contributed by atoms with van der Waals surface area (Å²) in [6, 6.07) is 0. The third-order valence-electron chi connectivity index (χ3n) is 3.01. The molecule has 104 valence electrons. The third kappa shape index (κ3) is 3.13. The van der Waals surface area contributed by atoms with Crippen molar-refractivity contribution in [1.29, 1.82) is 0 Å². The van der Waals surface area contributed by atoms with Crippen molar-refractivity contribution < 1.29 is 0 Å². The number of aryl methyl sites for hydroxylation is 3. The molecule has 0 aliphatic rings. The van der Waals surface area contributed by atoms with Gasteiger partial charge in [0, 0.05) is 45.2 Å². The lowest BCUT2D eigenvalue weighted by Crippen LogP contribution is -2.19. The Labute approximate surface area is 118 Å². The summed E-state index contributed by atoms with van der Waals surface area (Å²) in [6.45, 7) is 5.69. The van der Waals surface area contributed by atoms with Gasteiger partial charge in [-0.05, 0) is 13.8 Å². The molecule has 1 N–H and O–H groups in total. The van der Waals surface area contributed by atoms with Crippen LogP contribution in [0.2, 0.25) is 0 Å². The molecule has 0 aromatic carbocycles. The zero-order valence-electron chi connectivity index (χ0n) is 12.2. The molecule has 0 amide bonds. The van der Waals surface area contributed by atoms with E-state index < -0.39 is 0 Å². The van der Waals surface area contributed by atoms with Gasteiger partial charge in [-0.1, -0.05) is 0 Å². The Morgan fingerprint density at radius 2 is 2.05 bits per heavy atom. The van der Waals surface area contributed by atoms with Crippen LogP contribution < -0.4 is 10.2 Å². The van der Waals surface area contributed by atoms with E-state index in [9.17, 15) is 0 Å². The molecular formula is C13H21N5S. The molecule has 0 bridgehead atoms. The topological polar surface area (TPSA) is 46.0 Å². The molecule has 0 aliphatic heterocycles. The van der Waals surface area contributed by atoms with Crippen LogP contribution in [0, 0.1) is 13.8 Å². The van der Waals surface area contributed by atoms with Crippen molar-refractivity contribution in [2.75, 3.05) is 19.0 Å². The fourth-order valence-electron chi connectivity index (χ4n) is 2.26. The molecule has 2 rings (SSSR count). The van der Waals surface area contributed by atoms with Crippen LogP contribution in [-0.2, 0) is 20.1 Å². The van der Waals surface area contributed by atoms with Crippen LogP contribution in [0.1, 0.15) is 22.0 Å². The second-order valence-corrected chi connectivity index (χ2v) is 5.93. The zero-order chi connectivity index (χ0) is 14.0. The molecule has 0 aliphatic carbocycles. The monoisotopic (exact) mass is 279 g/mol. The van der Waals surface area contributed by atoms with E-state index in [1.807, 2.05) is 32.7 Å². The lowest BCUT2D eigenvalue weighted by molar-refractivity contribution is 0.677. The minimum absolute atomic E-state index is 0.797.